The van der Waals surface area contributed by atoms with Crippen molar-refractivity contribution < 1.29 is 9.52 Å². The summed E-state index contributed by atoms with van der Waals surface area (Å²) in [5.41, 5.74) is 2.19. The molecule has 0 aliphatic carbocycles. The topological polar surface area (TPSA) is 70.0 Å². The van der Waals surface area contributed by atoms with Crippen molar-refractivity contribution in [3.63, 3.8) is 0 Å². The molecule has 1 saturated heterocycles. The molecule has 1 aliphatic heterocycles. The number of anilines is 1. The third-order valence-electron chi connectivity index (χ3n) is 6.19. The maximum atomic E-state index is 11.2. The van der Waals surface area contributed by atoms with Gasteiger partial charge in [0.05, 0.1) is 17.2 Å². The van der Waals surface area contributed by atoms with Crippen molar-refractivity contribution in [3.8, 4) is 17.5 Å². The maximum absolute atomic E-state index is 11.2. The molecule has 1 N–H and O–H groups in total. The van der Waals surface area contributed by atoms with Crippen LogP contribution >= 0.6 is 22.9 Å². The van der Waals surface area contributed by atoms with Crippen LogP contribution in [0.2, 0.25) is 5.02 Å². The molecule has 34 heavy (non-hydrogen) atoms. The Balaban J connectivity index is 1.36. The van der Waals surface area contributed by atoms with E-state index in [9.17, 15) is 5.11 Å². The predicted octanol–water partition coefficient (Wildman–Crippen LogP) is 5.32. The minimum Gasteiger partial charge on any atom is -0.492 e. The molecule has 0 amide bonds. The fraction of sp³-hybridized carbons (Fsp3) is 0.200. The van der Waals surface area contributed by atoms with Gasteiger partial charge in [-0.2, -0.15) is 9.50 Å². The molecule has 0 bridgehead atoms. The van der Waals surface area contributed by atoms with Gasteiger partial charge < -0.3 is 14.4 Å². The van der Waals surface area contributed by atoms with Crippen LogP contribution in [0.25, 0.3) is 16.5 Å². The summed E-state index contributed by atoms with van der Waals surface area (Å²) in [5.74, 6) is 1.10. The van der Waals surface area contributed by atoms with E-state index >= 15 is 0 Å². The number of hydrogen-bond acceptors (Lipinski definition) is 7. The summed E-state index contributed by atoms with van der Waals surface area (Å²) in [6, 6.07) is 21.7. The number of hydrogen-bond donors (Lipinski definition) is 1. The van der Waals surface area contributed by atoms with Gasteiger partial charge in [-0.05, 0) is 35.9 Å². The zero-order valence-corrected chi connectivity index (χ0v) is 19.8. The lowest BCUT2D eigenvalue weighted by atomic mass is 10.0. The van der Waals surface area contributed by atoms with E-state index in [1.165, 1.54) is 21.5 Å². The second-order valence-electron chi connectivity index (χ2n) is 8.18. The summed E-state index contributed by atoms with van der Waals surface area (Å²) in [6.45, 7) is 3.43. The normalized spacial score (nSPS) is 15.7. The van der Waals surface area contributed by atoms with Gasteiger partial charge in [0.25, 0.3) is 0 Å². The molecule has 172 valence electrons. The van der Waals surface area contributed by atoms with Crippen molar-refractivity contribution in [2.24, 2.45) is 0 Å². The van der Waals surface area contributed by atoms with Crippen LogP contribution in [0.1, 0.15) is 16.5 Å². The average molecular weight is 492 g/mol. The molecule has 7 nitrogen and oxygen atoms in total. The molecule has 1 atom stereocenters. The van der Waals surface area contributed by atoms with Crippen LogP contribution in [0.15, 0.2) is 77.4 Å². The number of nitrogens with zero attached hydrogens (tertiary/aromatic N) is 5. The van der Waals surface area contributed by atoms with Gasteiger partial charge in [-0.3, -0.25) is 4.90 Å². The SMILES string of the molecule is Oc1c([C@@H](c2ccccc2Cl)N2CCN(c3ccccc3)CC2)sc2nc(-c3ccco3)nn12. The van der Waals surface area contributed by atoms with Gasteiger partial charge in [-0.1, -0.05) is 59.3 Å². The smallest absolute Gasteiger partial charge is 0.230 e. The molecule has 0 spiro atoms. The van der Waals surface area contributed by atoms with Gasteiger partial charge in [-0.15, -0.1) is 5.10 Å². The highest BCUT2D eigenvalue weighted by atomic mass is 35.5. The summed E-state index contributed by atoms with van der Waals surface area (Å²) in [6.07, 6.45) is 1.58. The molecular formula is C25H22ClN5O2S. The minimum absolute atomic E-state index is 0.0840. The van der Waals surface area contributed by atoms with E-state index < -0.39 is 0 Å². The second kappa shape index (κ2) is 8.79. The second-order valence-corrected chi connectivity index (χ2v) is 9.60. The Labute approximate surface area is 205 Å². The van der Waals surface area contributed by atoms with Crippen LogP contribution < -0.4 is 4.90 Å². The first-order valence-electron chi connectivity index (χ1n) is 11.1. The highest BCUT2D eigenvalue weighted by Gasteiger charge is 2.33. The Morgan fingerprint density at radius 3 is 2.41 bits per heavy atom. The monoisotopic (exact) mass is 491 g/mol. The molecule has 5 aromatic rings. The fourth-order valence-electron chi connectivity index (χ4n) is 4.52. The van der Waals surface area contributed by atoms with Gasteiger partial charge in [0.15, 0.2) is 5.76 Å². The van der Waals surface area contributed by atoms with E-state index in [0.717, 1.165) is 36.6 Å². The number of furan rings is 1. The largest absolute Gasteiger partial charge is 0.492 e. The Hall–Kier alpha value is -3.33. The van der Waals surface area contributed by atoms with Gasteiger partial charge in [-0.25, -0.2) is 0 Å². The Kier molecular flexibility index (Phi) is 5.49. The predicted molar refractivity (Wildman–Crippen MR) is 134 cm³/mol. The summed E-state index contributed by atoms with van der Waals surface area (Å²) in [7, 11) is 0. The van der Waals surface area contributed by atoms with Crippen molar-refractivity contribution in [1.82, 2.24) is 19.5 Å². The first-order valence-corrected chi connectivity index (χ1v) is 12.3. The van der Waals surface area contributed by atoms with Gasteiger partial charge in [0.2, 0.25) is 16.7 Å². The molecular weight excluding hydrogens is 470 g/mol. The number of para-hydroxylation sites is 1. The lowest BCUT2D eigenvalue weighted by Gasteiger charge is -2.40. The van der Waals surface area contributed by atoms with Crippen molar-refractivity contribution in [2.75, 3.05) is 31.1 Å². The Morgan fingerprint density at radius 2 is 1.71 bits per heavy atom. The van der Waals surface area contributed by atoms with E-state index in [1.807, 2.05) is 30.3 Å². The van der Waals surface area contributed by atoms with Gasteiger partial charge in [0, 0.05) is 36.9 Å². The molecule has 0 radical (unpaired) electrons. The molecule has 0 saturated carbocycles. The number of aromatic nitrogens is 3. The number of benzene rings is 2. The first kappa shape index (κ1) is 21.2. The fourth-order valence-corrected chi connectivity index (χ4v) is 5.86. The summed E-state index contributed by atoms with van der Waals surface area (Å²) in [4.78, 5) is 10.7. The minimum atomic E-state index is -0.202. The Bertz CT molecular complexity index is 1410. The van der Waals surface area contributed by atoms with Crippen LogP contribution in [-0.4, -0.2) is 50.8 Å². The van der Waals surface area contributed by atoms with Crippen molar-refractivity contribution in [1.29, 1.82) is 0 Å². The van der Waals surface area contributed by atoms with Crippen molar-refractivity contribution in [2.45, 2.75) is 6.04 Å². The van der Waals surface area contributed by atoms with E-state index in [1.54, 1.807) is 18.4 Å². The van der Waals surface area contributed by atoms with Crippen LogP contribution in [0, 0.1) is 0 Å². The third-order valence-corrected chi connectivity index (χ3v) is 7.61. The zero-order chi connectivity index (χ0) is 23.1. The Morgan fingerprint density at radius 1 is 0.941 bits per heavy atom. The zero-order valence-electron chi connectivity index (χ0n) is 18.2. The van der Waals surface area contributed by atoms with Crippen molar-refractivity contribution >= 4 is 33.6 Å². The van der Waals surface area contributed by atoms with Crippen LogP contribution in [0.5, 0.6) is 5.88 Å². The van der Waals surface area contributed by atoms with Gasteiger partial charge in [0.1, 0.15) is 0 Å². The number of piperazine rings is 1. The van der Waals surface area contributed by atoms with Crippen LogP contribution in [0.4, 0.5) is 5.69 Å². The molecule has 2 aromatic carbocycles. The molecule has 3 aromatic heterocycles. The molecule has 1 fully saturated rings. The highest BCUT2D eigenvalue weighted by Crippen LogP contribution is 2.42. The molecule has 1 aliphatic rings. The van der Waals surface area contributed by atoms with E-state index in [-0.39, 0.29) is 11.9 Å². The molecule has 0 unspecified atom stereocenters. The number of halogens is 1. The summed E-state index contributed by atoms with van der Waals surface area (Å²) in [5, 5.41) is 16.4. The lowest BCUT2D eigenvalue weighted by Crippen LogP contribution is -2.47. The number of aromatic hydroxyl groups is 1. The average Bonchev–Trinajstić information content (AvgIpc) is 3.61. The molecule has 9 heteroatoms. The van der Waals surface area contributed by atoms with E-state index in [4.69, 9.17) is 16.0 Å². The number of thiazole rings is 1. The number of rotatable bonds is 5. The molecule has 6 rings (SSSR count). The number of fused-ring (bicyclic) bond motifs is 1. The molecule has 4 heterocycles. The maximum Gasteiger partial charge on any atom is 0.230 e. The van der Waals surface area contributed by atoms with E-state index in [2.05, 4.69) is 44.1 Å². The summed E-state index contributed by atoms with van der Waals surface area (Å²) >= 11 is 8.09. The highest BCUT2D eigenvalue weighted by molar-refractivity contribution is 7.17. The van der Waals surface area contributed by atoms with Crippen molar-refractivity contribution in [3.05, 3.63) is 88.5 Å². The first-order chi connectivity index (χ1) is 16.7. The van der Waals surface area contributed by atoms with E-state index in [0.29, 0.717) is 21.6 Å². The lowest BCUT2D eigenvalue weighted by molar-refractivity contribution is 0.211. The summed E-state index contributed by atoms with van der Waals surface area (Å²) < 4.78 is 6.91. The quantitative estimate of drug-likeness (QED) is 0.359. The van der Waals surface area contributed by atoms with Crippen LogP contribution in [0.3, 0.4) is 0 Å². The van der Waals surface area contributed by atoms with Gasteiger partial charge >= 0.3 is 0 Å². The standard InChI is InChI=1S/C25H22ClN5O2S/c26-19-10-5-4-9-18(19)21(30-14-12-29(13-15-30)17-7-2-1-3-8-17)22-24(32)31-25(34-22)27-23(28-31)20-11-6-16-33-20/h1-11,16,21,32H,12-15H2/t21-/m1/s1. The van der Waals surface area contributed by atoms with Crippen LogP contribution in [-0.2, 0) is 0 Å². The third kappa shape index (κ3) is 3.73.